The van der Waals surface area contributed by atoms with Gasteiger partial charge in [0.2, 0.25) is 0 Å². The van der Waals surface area contributed by atoms with E-state index in [2.05, 4.69) is 0 Å². The van der Waals surface area contributed by atoms with Crippen LogP contribution >= 0.6 is 11.6 Å². The summed E-state index contributed by atoms with van der Waals surface area (Å²) < 4.78 is 10.8. The molecule has 0 atom stereocenters. The van der Waals surface area contributed by atoms with E-state index in [4.69, 9.17) is 26.5 Å². The quantitative estimate of drug-likeness (QED) is 0.889. The summed E-state index contributed by atoms with van der Waals surface area (Å²) >= 11 is 5.96. The molecule has 0 amide bonds. The van der Waals surface area contributed by atoms with Gasteiger partial charge in [-0.05, 0) is 18.2 Å². The number of nitrogens with two attached hydrogens (primary N) is 1. The fourth-order valence-electron chi connectivity index (χ4n) is 1.38. The van der Waals surface area contributed by atoms with Crippen molar-refractivity contribution in [2.45, 2.75) is 13.2 Å². The Kier molecular flexibility index (Phi) is 3.49. The van der Waals surface area contributed by atoms with Gasteiger partial charge in [0.05, 0.1) is 11.3 Å². The molecule has 2 aromatic rings. The van der Waals surface area contributed by atoms with E-state index in [0.717, 1.165) is 11.3 Å². The van der Waals surface area contributed by atoms with Crippen LogP contribution in [0.3, 0.4) is 0 Å². The predicted octanol–water partition coefficient (Wildman–Crippen LogP) is 2.97. The van der Waals surface area contributed by atoms with Crippen LogP contribution in [0.4, 0.5) is 0 Å². The number of hydrogen-bond donors (Lipinski definition) is 1. The summed E-state index contributed by atoms with van der Waals surface area (Å²) in [5.74, 6) is 1.38. The van der Waals surface area contributed by atoms with E-state index in [1.54, 1.807) is 12.3 Å². The first-order chi connectivity index (χ1) is 7.81. The second-order valence-corrected chi connectivity index (χ2v) is 3.70. The summed E-state index contributed by atoms with van der Waals surface area (Å²) in [6.07, 6.45) is 1.60. The van der Waals surface area contributed by atoms with Gasteiger partial charge in [0.15, 0.2) is 0 Å². The van der Waals surface area contributed by atoms with Crippen molar-refractivity contribution in [3.8, 4) is 5.75 Å². The third-order valence-corrected chi connectivity index (χ3v) is 2.57. The zero-order valence-corrected chi connectivity index (χ0v) is 9.41. The first-order valence-electron chi connectivity index (χ1n) is 4.94. The lowest BCUT2D eigenvalue weighted by molar-refractivity contribution is 0.268. The number of halogens is 1. The molecule has 1 aromatic heterocycles. The molecule has 0 unspecified atom stereocenters. The molecule has 4 heteroatoms. The average Bonchev–Trinajstić information content (AvgIpc) is 2.75. The van der Waals surface area contributed by atoms with Crippen LogP contribution in [0, 0.1) is 0 Å². The van der Waals surface area contributed by atoms with Crippen LogP contribution in [0.2, 0.25) is 5.02 Å². The third-order valence-electron chi connectivity index (χ3n) is 2.25. The van der Waals surface area contributed by atoms with Crippen molar-refractivity contribution >= 4 is 11.6 Å². The monoisotopic (exact) mass is 237 g/mol. The zero-order chi connectivity index (χ0) is 11.4. The lowest BCUT2D eigenvalue weighted by atomic mass is 10.2. The lowest BCUT2D eigenvalue weighted by Gasteiger charge is -2.06. The van der Waals surface area contributed by atoms with Gasteiger partial charge in [-0.15, -0.1) is 0 Å². The number of para-hydroxylation sites is 1. The maximum atomic E-state index is 5.96. The van der Waals surface area contributed by atoms with E-state index in [-0.39, 0.29) is 0 Å². The molecule has 0 aliphatic rings. The number of benzene rings is 1. The number of furan rings is 1. The highest BCUT2D eigenvalue weighted by Gasteiger charge is 2.06. The molecule has 1 aromatic carbocycles. The van der Waals surface area contributed by atoms with Crippen molar-refractivity contribution in [3.05, 3.63) is 52.9 Å². The Hall–Kier alpha value is -1.45. The van der Waals surface area contributed by atoms with Crippen LogP contribution in [0.15, 0.2) is 41.0 Å². The fourth-order valence-corrected chi connectivity index (χ4v) is 1.57. The SMILES string of the molecule is NCc1ccoc1COc1ccccc1Cl. The standard InChI is InChI=1S/C12H12ClNO2/c13-10-3-1-2-4-11(10)16-8-12-9(7-14)5-6-15-12/h1-6H,7-8,14H2. The molecule has 0 bridgehead atoms. The Bertz CT molecular complexity index is 468. The highest BCUT2D eigenvalue weighted by atomic mass is 35.5. The second-order valence-electron chi connectivity index (χ2n) is 3.29. The second kappa shape index (κ2) is 5.05. The molecule has 0 spiro atoms. The molecule has 0 radical (unpaired) electrons. The Balaban J connectivity index is 2.05. The number of rotatable bonds is 4. The first-order valence-corrected chi connectivity index (χ1v) is 5.31. The molecule has 1 heterocycles. The van der Waals surface area contributed by atoms with Gasteiger partial charge in [-0.2, -0.15) is 0 Å². The molecule has 3 nitrogen and oxygen atoms in total. The Morgan fingerprint density at radius 1 is 1.25 bits per heavy atom. The van der Waals surface area contributed by atoms with Gasteiger partial charge >= 0.3 is 0 Å². The minimum atomic E-state index is 0.337. The Morgan fingerprint density at radius 3 is 2.81 bits per heavy atom. The largest absolute Gasteiger partial charge is 0.484 e. The fraction of sp³-hybridized carbons (Fsp3) is 0.167. The molecular formula is C12H12ClNO2. The van der Waals surface area contributed by atoms with Crippen molar-refractivity contribution in [2.75, 3.05) is 0 Å². The van der Waals surface area contributed by atoms with E-state index in [1.165, 1.54) is 0 Å². The molecule has 0 aliphatic heterocycles. The number of hydrogen-bond acceptors (Lipinski definition) is 3. The molecule has 0 fully saturated rings. The first kappa shape index (κ1) is 11.0. The smallest absolute Gasteiger partial charge is 0.146 e. The van der Waals surface area contributed by atoms with Crippen LogP contribution in [0.1, 0.15) is 11.3 Å². The normalized spacial score (nSPS) is 10.4. The van der Waals surface area contributed by atoms with Gasteiger partial charge in [-0.25, -0.2) is 0 Å². The van der Waals surface area contributed by atoms with Gasteiger partial charge in [-0.3, -0.25) is 0 Å². The van der Waals surface area contributed by atoms with Crippen LogP contribution in [0.5, 0.6) is 5.75 Å². The summed E-state index contributed by atoms with van der Waals surface area (Å²) in [6.45, 7) is 0.779. The summed E-state index contributed by atoms with van der Waals surface area (Å²) in [5, 5.41) is 0.586. The number of ether oxygens (including phenoxy) is 1. The van der Waals surface area contributed by atoms with Crippen molar-refractivity contribution in [1.82, 2.24) is 0 Å². The maximum Gasteiger partial charge on any atom is 0.146 e. The van der Waals surface area contributed by atoms with Crippen LogP contribution in [0.25, 0.3) is 0 Å². The zero-order valence-electron chi connectivity index (χ0n) is 8.65. The molecule has 2 rings (SSSR count). The van der Waals surface area contributed by atoms with E-state index >= 15 is 0 Å². The average molecular weight is 238 g/mol. The van der Waals surface area contributed by atoms with E-state index in [0.29, 0.717) is 23.9 Å². The van der Waals surface area contributed by atoms with Gasteiger partial charge in [-0.1, -0.05) is 23.7 Å². The van der Waals surface area contributed by atoms with E-state index < -0.39 is 0 Å². The van der Waals surface area contributed by atoms with Crippen LogP contribution in [-0.2, 0) is 13.2 Å². The highest BCUT2D eigenvalue weighted by molar-refractivity contribution is 6.32. The van der Waals surface area contributed by atoms with Gasteiger partial charge in [0.25, 0.3) is 0 Å². The van der Waals surface area contributed by atoms with Crippen molar-refractivity contribution in [3.63, 3.8) is 0 Å². The predicted molar refractivity (Wildman–Crippen MR) is 62.4 cm³/mol. The van der Waals surface area contributed by atoms with E-state index in [1.807, 2.05) is 24.3 Å². The molecule has 0 aliphatic carbocycles. The van der Waals surface area contributed by atoms with Gasteiger partial charge < -0.3 is 14.9 Å². The minimum absolute atomic E-state index is 0.337. The van der Waals surface area contributed by atoms with Crippen LogP contribution in [-0.4, -0.2) is 0 Å². The lowest BCUT2D eigenvalue weighted by Crippen LogP contribution is -2.02. The molecule has 0 saturated carbocycles. The molecule has 84 valence electrons. The van der Waals surface area contributed by atoms with Crippen molar-refractivity contribution in [1.29, 1.82) is 0 Å². The molecule has 0 saturated heterocycles. The van der Waals surface area contributed by atoms with E-state index in [9.17, 15) is 0 Å². The summed E-state index contributed by atoms with van der Waals surface area (Å²) in [6, 6.07) is 9.15. The van der Waals surface area contributed by atoms with Gasteiger partial charge in [0, 0.05) is 12.1 Å². The maximum absolute atomic E-state index is 5.96. The molecular weight excluding hydrogens is 226 g/mol. The summed E-state index contributed by atoms with van der Waals surface area (Å²) in [5.41, 5.74) is 6.50. The van der Waals surface area contributed by atoms with Crippen LogP contribution < -0.4 is 10.5 Å². The van der Waals surface area contributed by atoms with Crippen molar-refractivity contribution in [2.24, 2.45) is 5.73 Å². The minimum Gasteiger partial charge on any atom is -0.484 e. The highest BCUT2D eigenvalue weighted by Crippen LogP contribution is 2.24. The molecule has 16 heavy (non-hydrogen) atoms. The summed E-state index contributed by atoms with van der Waals surface area (Å²) in [7, 11) is 0. The molecule has 2 N–H and O–H groups in total. The third kappa shape index (κ3) is 2.38. The summed E-state index contributed by atoms with van der Waals surface area (Å²) in [4.78, 5) is 0. The van der Waals surface area contributed by atoms with Gasteiger partial charge in [0.1, 0.15) is 18.1 Å². The topological polar surface area (TPSA) is 48.4 Å². The Morgan fingerprint density at radius 2 is 2.06 bits per heavy atom. The van der Waals surface area contributed by atoms with Crippen molar-refractivity contribution < 1.29 is 9.15 Å². The Labute approximate surface area is 98.8 Å².